The average molecular weight is 272 g/mol. The summed E-state index contributed by atoms with van der Waals surface area (Å²) in [7, 11) is 0. The molecule has 102 valence electrons. The van der Waals surface area contributed by atoms with Gasteiger partial charge in [0.1, 0.15) is 11.3 Å². The molecule has 0 bridgehead atoms. The molecule has 0 unspecified atom stereocenters. The van der Waals surface area contributed by atoms with Gasteiger partial charge in [-0.25, -0.2) is 4.79 Å². The number of hydrogen-bond donors (Lipinski definition) is 1. The van der Waals surface area contributed by atoms with E-state index in [1.807, 2.05) is 0 Å². The Bertz CT molecular complexity index is 539. The summed E-state index contributed by atoms with van der Waals surface area (Å²) in [5, 5.41) is 8.93. The Morgan fingerprint density at radius 2 is 1.95 bits per heavy atom. The first-order valence-electron chi connectivity index (χ1n) is 5.18. The quantitative estimate of drug-likeness (QED) is 0.859. The minimum Gasteiger partial charge on any atom is -0.478 e. The van der Waals surface area contributed by atoms with Crippen LogP contribution in [0.25, 0.3) is 0 Å². The smallest absolute Gasteiger partial charge is 0.416 e. The summed E-state index contributed by atoms with van der Waals surface area (Å²) in [6, 6.07) is 2.21. The van der Waals surface area contributed by atoms with Gasteiger partial charge in [0.05, 0.1) is 5.56 Å². The molecule has 0 spiro atoms. The third-order valence-corrected chi connectivity index (χ3v) is 2.25. The van der Waals surface area contributed by atoms with E-state index in [2.05, 4.69) is 5.92 Å². The zero-order chi connectivity index (χ0) is 14.8. The van der Waals surface area contributed by atoms with E-state index in [-0.39, 0.29) is 5.75 Å². The lowest BCUT2D eigenvalue weighted by atomic mass is 10.1. The third kappa shape index (κ3) is 3.65. The Morgan fingerprint density at radius 1 is 1.37 bits per heavy atom. The van der Waals surface area contributed by atoms with Gasteiger partial charge in [-0.05, 0) is 32.0 Å². The maximum Gasteiger partial charge on any atom is 0.416 e. The fourth-order valence-corrected chi connectivity index (χ4v) is 1.27. The van der Waals surface area contributed by atoms with E-state index in [9.17, 15) is 18.0 Å². The van der Waals surface area contributed by atoms with Crippen LogP contribution in [0.3, 0.4) is 0 Å². The standard InChI is InChI=1S/C13H11F3O3/c1-4-12(2,3)19-10-6-5-8(13(14,15)16)7-9(10)11(17)18/h1,5-7H,2-3H3,(H,17,18). The highest BCUT2D eigenvalue weighted by Crippen LogP contribution is 2.33. The van der Waals surface area contributed by atoms with Crippen LogP contribution in [0.1, 0.15) is 29.8 Å². The summed E-state index contributed by atoms with van der Waals surface area (Å²) in [5.74, 6) is 0.539. The maximum atomic E-state index is 12.5. The molecule has 6 heteroatoms. The molecule has 0 aliphatic rings. The molecule has 0 fully saturated rings. The normalized spacial score (nSPS) is 11.8. The summed E-state index contributed by atoms with van der Waals surface area (Å²) >= 11 is 0. The summed E-state index contributed by atoms with van der Waals surface area (Å²) in [6.07, 6.45) is 0.556. The summed E-state index contributed by atoms with van der Waals surface area (Å²) in [4.78, 5) is 11.0. The Morgan fingerprint density at radius 3 is 2.37 bits per heavy atom. The van der Waals surface area contributed by atoms with E-state index in [1.165, 1.54) is 13.8 Å². The minimum atomic E-state index is -4.62. The van der Waals surface area contributed by atoms with E-state index in [0.29, 0.717) is 6.07 Å². The fourth-order valence-electron chi connectivity index (χ4n) is 1.27. The third-order valence-electron chi connectivity index (χ3n) is 2.25. The van der Waals surface area contributed by atoms with Gasteiger partial charge in [0.25, 0.3) is 0 Å². The van der Waals surface area contributed by atoms with Crippen molar-refractivity contribution < 1.29 is 27.8 Å². The first kappa shape index (κ1) is 14.9. The van der Waals surface area contributed by atoms with Gasteiger partial charge in [0.2, 0.25) is 0 Å². The second-order valence-corrected chi connectivity index (χ2v) is 4.27. The number of aromatic carboxylic acids is 1. The molecule has 0 saturated carbocycles. The van der Waals surface area contributed by atoms with Crippen molar-refractivity contribution in [3.63, 3.8) is 0 Å². The van der Waals surface area contributed by atoms with Crippen LogP contribution in [-0.2, 0) is 6.18 Å². The topological polar surface area (TPSA) is 46.5 Å². The van der Waals surface area contributed by atoms with E-state index < -0.39 is 28.9 Å². The number of ether oxygens (including phenoxy) is 1. The van der Waals surface area contributed by atoms with Crippen LogP contribution in [0.4, 0.5) is 13.2 Å². The maximum absolute atomic E-state index is 12.5. The van der Waals surface area contributed by atoms with Crippen molar-refractivity contribution in [3.05, 3.63) is 29.3 Å². The Hall–Kier alpha value is -2.16. The van der Waals surface area contributed by atoms with Crippen LogP contribution in [0.2, 0.25) is 0 Å². The van der Waals surface area contributed by atoms with Crippen LogP contribution in [0.15, 0.2) is 18.2 Å². The number of benzene rings is 1. The molecule has 1 aromatic carbocycles. The van der Waals surface area contributed by atoms with E-state index >= 15 is 0 Å². The number of hydrogen-bond acceptors (Lipinski definition) is 2. The van der Waals surface area contributed by atoms with Gasteiger partial charge >= 0.3 is 12.1 Å². The first-order valence-corrected chi connectivity index (χ1v) is 5.18. The molecule has 0 radical (unpaired) electrons. The SMILES string of the molecule is C#CC(C)(C)Oc1ccc(C(F)(F)F)cc1C(=O)O. The van der Waals surface area contributed by atoms with Gasteiger partial charge in [-0.15, -0.1) is 6.42 Å². The first-order chi connectivity index (χ1) is 8.57. The molecular weight excluding hydrogens is 261 g/mol. The molecule has 0 aliphatic heterocycles. The number of carboxylic acids is 1. The fraction of sp³-hybridized carbons (Fsp3) is 0.308. The van der Waals surface area contributed by atoms with Crippen molar-refractivity contribution in [2.45, 2.75) is 25.6 Å². The van der Waals surface area contributed by atoms with Crippen molar-refractivity contribution in [2.75, 3.05) is 0 Å². The molecular formula is C13H11F3O3. The molecule has 1 rings (SSSR count). The van der Waals surface area contributed by atoms with Gasteiger partial charge in [-0.2, -0.15) is 13.2 Å². The number of halogens is 3. The van der Waals surface area contributed by atoms with Gasteiger partial charge < -0.3 is 9.84 Å². The largest absolute Gasteiger partial charge is 0.478 e. The van der Waals surface area contributed by atoms with Crippen LogP contribution in [0, 0.1) is 12.3 Å². The van der Waals surface area contributed by atoms with Crippen molar-refractivity contribution in [1.82, 2.24) is 0 Å². The monoisotopic (exact) mass is 272 g/mol. The highest BCUT2D eigenvalue weighted by atomic mass is 19.4. The summed E-state index contributed by atoms with van der Waals surface area (Å²) in [5.41, 5.74) is -2.77. The number of terminal acetylenes is 1. The van der Waals surface area contributed by atoms with Gasteiger partial charge in [0, 0.05) is 0 Å². The lowest BCUT2D eigenvalue weighted by Crippen LogP contribution is -2.26. The van der Waals surface area contributed by atoms with Crippen molar-refractivity contribution >= 4 is 5.97 Å². The Kier molecular flexibility index (Phi) is 3.80. The molecule has 0 saturated heterocycles. The molecule has 0 aliphatic carbocycles. The zero-order valence-corrected chi connectivity index (χ0v) is 10.2. The Balaban J connectivity index is 3.29. The second kappa shape index (κ2) is 4.84. The molecule has 0 aromatic heterocycles. The molecule has 3 nitrogen and oxygen atoms in total. The molecule has 0 atom stereocenters. The molecule has 0 amide bonds. The van der Waals surface area contributed by atoms with Crippen LogP contribution in [0.5, 0.6) is 5.75 Å². The van der Waals surface area contributed by atoms with Crippen LogP contribution >= 0.6 is 0 Å². The molecule has 19 heavy (non-hydrogen) atoms. The van der Waals surface area contributed by atoms with Gasteiger partial charge in [-0.1, -0.05) is 5.92 Å². The molecule has 0 heterocycles. The van der Waals surface area contributed by atoms with Gasteiger partial charge in [-0.3, -0.25) is 0 Å². The minimum absolute atomic E-state index is 0.205. The van der Waals surface area contributed by atoms with E-state index in [1.54, 1.807) is 0 Å². The van der Waals surface area contributed by atoms with Crippen LogP contribution in [-0.4, -0.2) is 16.7 Å². The lowest BCUT2D eigenvalue weighted by molar-refractivity contribution is -0.137. The predicted octanol–water partition coefficient (Wildman–Crippen LogP) is 3.19. The van der Waals surface area contributed by atoms with Gasteiger partial charge in [0.15, 0.2) is 5.60 Å². The number of carboxylic acid groups (broad SMARTS) is 1. The summed E-state index contributed by atoms with van der Waals surface area (Å²) in [6.45, 7) is 2.99. The second-order valence-electron chi connectivity index (χ2n) is 4.27. The van der Waals surface area contributed by atoms with Crippen molar-refractivity contribution in [2.24, 2.45) is 0 Å². The Labute approximate surface area is 108 Å². The van der Waals surface area contributed by atoms with Crippen molar-refractivity contribution in [1.29, 1.82) is 0 Å². The number of alkyl halides is 3. The highest BCUT2D eigenvalue weighted by Gasteiger charge is 2.32. The average Bonchev–Trinajstić information content (AvgIpc) is 2.27. The highest BCUT2D eigenvalue weighted by molar-refractivity contribution is 5.91. The molecule has 1 aromatic rings. The predicted molar refractivity (Wildman–Crippen MR) is 61.9 cm³/mol. The van der Waals surface area contributed by atoms with E-state index in [4.69, 9.17) is 16.3 Å². The van der Waals surface area contributed by atoms with Crippen LogP contribution < -0.4 is 4.74 Å². The van der Waals surface area contributed by atoms with E-state index in [0.717, 1.165) is 12.1 Å². The number of carbonyl (C=O) groups is 1. The van der Waals surface area contributed by atoms with Crippen molar-refractivity contribution in [3.8, 4) is 18.1 Å². The zero-order valence-electron chi connectivity index (χ0n) is 10.2. The number of rotatable bonds is 3. The summed E-state index contributed by atoms with van der Waals surface area (Å²) < 4.78 is 42.7. The molecule has 1 N–H and O–H groups in total. The lowest BCUT2D eigenvalue weighted by Gasteiger charge is -2.22.